The number of aliphatic imine (C=N–C) groups is 1. The summed E-state index contributed by atoms with van der Waals surface area (Å²) in [4.78, 5) is 16.7. The monoisotopic (exact) mass is 384 g/mol. The Morgan fingerprint density at radius 1 is 1.11 bits per heavy atom. The van der Waals surface area contributed by atoms with E-state index >= 15 is 0 Å². The second kappa shape index (κ2) is 10.5. The number of ether oxygens (including phenoxy) is 1. The zero-order valence-corrected chi connectivity index (χ0v) is 16.3. The molecule has 1 aliphatic rings. The van der Waals surface area contributed by atoms with Crippen LogP contribution in [0.4, 0.5) is 16.2 Å². The molecular weight excluding hydrogens is 360 g/mol. The Balaban J connectivity index is 0.00000261. The summed E-state index contributed by atoms with van der Waals surface area (Å²) in [6.45, 7) is 2.38. The molecule has 3 rings (SSSR count). The van der Waals surface area contributed by atoms with Gasteiger partial charge in [0.15, 0.2) is 0 Å². The van der Waals surface area contributed by atoms with Gasteiger partial charge in [0.25, 0.3) is 0 Å². The summed E-state index contributed by atoms with van der Waals surface area (Å²) >= 11 is 0. The third-order valence-corrected chi connectivity index (χ3v) is 4.20. The maximum absolute atomic E-state index is 11.9. The number of benzene rings is 2. The molecular formula is C22H25ClN2O2. The molecule has 0 heterocycles. The van der Waals surface area contributed by atoms with Crippen LogP contribution in [0.15, 0.2) is 65.2 Å². The minimum atomic E-state index is -0.439. The van der Waals surface area contributed by atoms with E-state index in [1.165, 1.54) is 11.1 Å². The van der Waals surface area contributed by atoms with Crippen LogP contribution in [0.3, 0.4) is 0 Å². The standard InChI is InChI=1S/C22H24N2O2.ClH/c1-2-15-26-22(25)24-21-13-7-6-12-20(21)23-19-14-8-11-18(19)16-17-9-4-3-5-10-17;/h3-7,9-10,12-13,16H,2,8,11,14-15H2,1H3,(H,24,25);1H. The summed E-state index contributed by atoms with van der Waals surface area (Å²) in [5, 5.41) is 2.80. The van der Waals surface area contributed by atoms with Gasteiger partial charge in [-0.15, -0.1) is 12.4 Å². The van der Waals surface area contributed by atoms with Gasteiger partial charge >= 0.3 is 6.09 Å². The average Bonchev–Trinajstić information content (AvgIpc) is 3.09. The zero-order chi connectivity index (χ0) is 18.2. The van der Waals surface area contributed by atoms with Crippen molar-refractivity contribution in [3.8, 4) is 0 Å². The van der Waals surface area contributed by atoms with Gasteiger partial charge in [-0.3, -0.25) is 10.3 Å². The number of hydrogen-bond donors (Lipinski definition) is 1. The molecule has 1 N–H and O–H groups in total. The summed E-state index contributed by atoms with van der Waals surface area (Å²) < 4.78 is 5.11. The number of amides is 1. The van der Waals surface area contributed by atoms with Gasteiger partial charge in [-0.25, -0.2) is 4.79 Å². The molecule has 5 heteroatoms. The number of nitrogens with zero attached hydrogens (tertiary/aromatic N) is 1. The Bertz CT molecular complexity index is 816. The quantitative estimate of drug-likeness (QED) is 0.647. The highest BCUT2D eigenvalue weighted by molar-refractivity contribution is 6.07. The molecule has 1 fully saturated rings. The summed E-state index contributed by atoms with van der Waals surface area (Å²) in [6.07, 6.45) is 5.65. The van der Waals surface area contributed by atoms with Gasteiger partial charge in [0, 0.05) is 5.71 Å². The van der Waals surface area contributed by atoms with Gasteiger partial charge in [-0.05, 0) is 55.0 Å². The molecule has 0 bridgehead atoms. The van der Waals surface area contributed by atoms with Crippen LogP contribution in [0.25, 0.3) is 6.08 Å². The Kier molecular flexibility index (Phi) is 8.08. The number of allylic oxidation sites excluding steroid dienone is 1. The Morgan fingerprint density at radius 3 is 2.63 bits per heavy atom. The number of carbonyl (C=O) groups excluding carboxylic acids is 1. The van der Waals surface area contributed by atoms with Gasteiger partial charge in [0.05, 0.1) is 18.0 Å². The summed E-state index contributed by atoms with van der Waals surface area (Å²) in [5.41, 5.74) is 4.97. The highest BCUT2D eigenvalue weighted by atomic mass is 35.5. The first kappa shape index (κ1) is 20.7. The van der Waals surface area contributed by atoms with E-state index in [2.05, 4.69) is 23.5 Å². The molecule has 0 radical (unpaired) electrons. The lowest BCUT2D eigenvalue weighted by molar-refractivity contribution is 0.161. The van der Waals surface area contributed by atoms with Crippen molar-refractivity contribution >= 4 is 41.7 Å². The maximum Gasteiger partial charge on any atom is 0.411 e. The van der Waals surface area contributed by atoms with Gasteiger partial charge in [0.1, 0.15) is 0 Å². The molecule has 2 aromatic carbocycles. The lowest BCUT2D eigenvalue weighted by Crippen LogP contribution is -2.14. The van der Waals surface area contributed by atoms with Crippen molar-refractivity contribution in [3.63, 3.8) is 0 Å². The maximum atomic E-state index is 11.9. The van der Waals surface area contributed by atoms with Crippen molar-refractivity contribution < 1.29 is 9.53 Å². The molecule has 2 aromatic rings. The first-order chi connectivity index (χ1) is 12.8. The normalized spacial score (nSPS) is 16.2. The number of hydrogen-bond acceptors (Lipinski definition) is 3. The van der Waals surface area contributed by atoms with E-state index in [1.807, 2.05) is 49.4 Å². The molecule has 142 valence electrons. The largest absolute Gasteiger partial charge is 0.449 e. The Morgan fingerprint density at radius 2 is 1.85 bits per heavy atom. The smallest absolute Gasteiger partial charge is 0.411 e. The zero-order valence-electron chi connectivity index (χ0n) is 15.5. The Hall–Kier alpha value is -2.59. The van der Waals surface area contributed by atoms with Crippen LogP contribution in [0, 0.1) is 0 Å². The fourth-order valence-electron chi connectivity index (χ4n) is 2.95. The predicted octanol–water partition coefficient (Wildman–Crippen LogP) is 6.41. The molecule has 0 atom stereocenters. The lowest BCUT2D eigenvalue weighted by atomic mass is 10.1. The first-order valence-corrected chi connectivity index (χ1v) is 9.12. The van der Waals surface area contributed by atoms with Crippen LogP contribution < -0.4 is 5.32 Å². The highest BCUT2D eigenvalue weighted by Crippen LogP contribution is 2.30. The lowest BCUT2D eigenvalue weighted by Gasteiger charge is -2.09. The van der Waals surface area contributed by atoms with Crippen molar-refractivity contribution in [1.82, 2.24) is 0 Å². The molecule has 0 aromatic heterocycles. The third-order valence-electron chi connectivity index (χ3n) is 4.20. The van der Waals surface area contributed by atoms with E-state index in [1.54, 1.807) is 0 Å². The second-order valence-electron chi connectivity index (χ2n) is 6.27. The summed E-state index contributed by atoms with van der Waals surface area (Å²) in [5.74, 6) is 0. The van der Waals surface area contributed by atoms with Crippen molar-refractivity contribution in [2.24, 2.45) is 4.99 Å². The average molecular weight is 385 g/mol. The van der Waals surface area contributed by atoms with Gasteiger partial charge in [0.2, 0.25) is 0 Å². The molecule has 0 aliphatic heterocycles. The molecule has 1 saturated carbocycles. The predicted molar refractivity (Wildman–Crippen MR) is 114 cm³/mol. The van der Waals surface area contributed by atoms with Gasteiger partial charge < -0.3 is 4.74 Å². The SMILES string of the molecule is CCCOC(=O)Nc1ccccc1N=C1CCCC1=Cc1ccccc1.Cl. The van der Waals surface area contributed by atoms with Gasteiger partial charge in [-0.1, -0.05) is 49.4 Å². The van der Waals surface area contributed by atoms with E-state index in [4.69, 9.17) is 9.73 Å². The van der Waals surface area contributed by atoms with Crippen molar-refractivity contribution in [1.29, 1.82) is 0 Å². The van der Waals surface area contributed by atoms with E-state index in [0.717, 1.165) is 37.1 Å². The number of para-hydroxylation sites is 2. The summed E-state index contributed by atoms with van der Waals surface area (Å²) in [7, 11) is 0. The molecule has 0 spiro atoms. The number of anilines is 1. The van der Waals surface area contributed by atoms with E-state index in [0.29, 0.717) is 12.3 Å². The molecule has 1 aliphatic carbocycles. The van der Waals surface area contributed by atoms with Gasteiger partial charge in [-0.2, -0.15) is 0 Å². The summed E-state index contributed by atoms with van der Waals surface area (Å²) in [6, 6.07) is 17.9. The van der Waals surface area contributed by atoms with E-state index in [-0.39, 0.29) is 12.4 Å². The topological polar surface area (TPSA) is 50.7 Å². The fraction of sp³-hybridized carbons (Fsp3) is 0.273. The van der Waals surface area contributed by atoms with Crippen molar-refractivity contribution in [3.05, 3.63) is 65.7 Å². The number of rotatable bonds is 5. The van der Waals surface area contributed by atoms with Crippen LogP contribution in [-0.4, -0.2) is 18.4 Å². The van der Waals surface area contributed by atoms with Crippen LogP contribution in [-0.2, 0) is 4.74 Å². The van der Waals surface area contributed by atoms with Crippen molar-refractivity contribution in [2.45, 2.75) is 32.6 Å². The van der Waals surface area contributed by atoms with E-state index < -0.39 is 6.09 Å². The highest BCUT2D eigenvalue weighted by Gasteiger charge is 2.16. The molecule has 0 saturated heterocycles. The third kappa shape index (κ3) is 5.97. The van der Waals surface area contributed by atoms with Crippen LogP contribution in [0.1, 0.15) is 38.2 Å². The number of nitrogens with one attached hydrogen (secondary N) is 1. The molecule has 4 nitrogen and oxygen atoms in total. The second-order valence-corrected chi connectivity index (χ2v) is 6.27. The molecule has 1 amide bonds. The molecule has 0 unspecified atom stereocenters. The molecule has 27 heavy (non-hydrogen) atoms. The first-order valence-electron chi connectivity index (χ1n) is 9.12. The van der Waals surface area contributed by atoms with Crippen LogP contribution in [0.2, 0.25) is 0 Å². The van der Waals surface area contributed by atoms with Crippen LogP contribution in [0.5, 0.6) is 0 Å². The number of halogens is 1. The number of carbonyl (C=O) groups is 1. The minimum absolute atomic E-state index is 0. The van der Waals surface area contributed by atoms with Crippen LogP contribution >= 0.6 is 12.4 Å². The minimum Gasteiger partial charge on any atom is -0.449 e. The van der Waals surface area contributed by atoms with Crippen molar-refractivity contribution in [2.75, 3.05) is 11.9 Å². The Labute approximate surface area is 166 Å². The fourth-order valence-corrected chi connectivity index (χ4v) is 2.95. The van der Waals surface area contributed by atoms with E-state index in [9.17, 15) is 4.79 Å².